The molecule has 1 heterocycles. The minimum atomic E-state index is 0.462. The van der Waals surface area contributed by atoms with Gasteiger partial charge in [-0.15, -0.1) is 0 Å². The first kappa shape index (κ1) is 11.0. The van der Waals surface area contributed by atoms with Gasteiger partial charge in [0.1, 0.15) is 0 Å². The molecule has 3 nitrogen and oxygen atoms in total. The summed E-state index contributed by atoms with van der Waals surface area (Å²) >= 11 is 0. The van der Waals surface area contributed by atoms with Crippen LogP contribution in [0.4, 0.5) is 0 Å². The number of nitrogens with zero attached hydrogens (tertiary/aromatic N) is 1. The van der Waals surface area contributed by atoms with Gasteiger partial charge in [-0.3, -0.25) is 4.90 Å². The van der Waals surface area contributed by atoms with E-state index in [0.29, 0.717) is 12.1 Å². The Labute approximate surface area is 81.4 Å². The van der Waals surface area contributed by atoms with E-state index in [0.717, 1.165) is 19.6 Å². The number of likely N-dealkylation sites (tertiary alicyclic amines) is 1. The number of likely N-dealkylation sites (N-methyl/N-ethyl adjacent to an activating group) is 1. The first-order chi connectivity index (χ1) is 6.27. The third-order valence-electron chi connectivity index (χ3n) is 2.82. The van der Waals surface area contributed by atoms with E-state index in [1.165, 1.54) is 13.0 Å². The second kappa shape index (κ2) is 5.58. The molecule has 0 aliphatic carbocycles. The van der Waals surface area contributed by atoms with Crippen LogP contribution in [0, 0.1) is 0 Å². The first-order valence-corrected chi connectivity index (χ1v) is 5.25. The van der Waals surface area contributed by atoms with E-state index in [-0.39, 0.29) is 0 Å². The topological polar surface area (TPSA) is 24.5 Å². The van der Waals surface area contributed by atoms with Crippen molar-refractivity contribution < 1.29 is 4.74 Å². The summed E-state index contributed by atoms with van der Waals surface area (Å²) in [6.45, 7) is 8.86. The van der Waals surface area contributed by atoms with Crippen LogP contribution >= 0.6 is 0 Å². The maximum absolute atomic E-state index is 5.33. The van der Waals surface area contributed by atoms with Gasteiger partial charge >= 0.3 is 0 Å². The lowest BCUT2D eigenvalue weighted by Gasteiger charge is -2.24. The van der Waals surface area contributed by atoms with Crippen LogP contribution in [0.25, 0.3) is 0 Å². The zero-order valence-electron chi connectivity index (χ0n) is 9.05. The second-order valence-corrected chi connectivity index (χ2v) is 3.80. The van der Waals surface area contributed by atoms with Crippen molar-refractivity contribution in [2.75, 3.05) is 33.3 Å². The lowest BCUT2D eigenvalue weighted by Crippen LogP contribution is -2.39. The molecule has 1 fully saturated rings. The molecule has 0 spiro atoms. The second-order valence-electron chi connectivity index (χ2n) is 3.80. The fourth-order valence-corrected chi connectivity index (χ4v) is 1.83. The van der Waals surface area contributed by atoms with E-state index in [1.54, 1.807) is 0 Å². The maximum Gasteiger partial charge on any atom is 0.0710 e. The summed E-state index contributed by atoms with van der Waals surface area (Å²) in [6, 6.07) is 0.639. The smallest absolute Gasteiger partial charge is 0.0710 e. The number of rotatable bonds is 5. The van der Waals surface area contributed by atoms with Gasteiger partial charge in [0, 0.05) is 32.8 Å². The summed E-state index contributed by atoms with van der Waals surface area (Å²) in [5, 5.41) is 3.38. The molecule has 0 aromatic rings. The summed E-state index contributed by atoms with van der Waals surface area (Å²) in [7, 11) is 1.81. The lowest BCUT2D eigenvalue weighted by atomic mass is 10.3. The Kier molecular flexibility index (Phi) is 4.70. The zero-order chi connectivity index (χ0) is 9.68. The molecule has 78 valence electrons. The van der Waals surface area contributed by atoms with Crippen LogP contribution in [-0.4, -0.2) is 50.3 Å². The molecule has 0 bridgehead atoms. The Morgan fingerprint density at radius 2 is 2.38 bits per heavy atom. The predicted octanol–water partition coefficient (Wildman–Crippen LogP) is 0.705. The minimum Gasteiger partial charge on any atom is -0.380 e. The van der Waals surface area contributed by atoms with E-state index in [2.05, 4.69) is 24.1 Å². The van der Waals surface area contributed by atoms with E-state index >= 15 is 0 Å². The zero-order valence-corrected chi connectivity index (χ0v) is 9.05. The largest absolute Gasteiger partial charge is 0.380 e. The monoisotopic (exact) mass is 186 g/mol. The van der Waals surface area contributed by atoms with E-state index in [1.807, 2.05) is 7.11 Å². The van der Waals surface area contributed by atoms with Crippen molar-refractivity contribution >= 4 is 0 Å². The van der Waals surface area contributed by atoms with Crippen molar-refractivity contribution in [2.24, 2.45) is 0 Å². The van der Waals surface area contributed by atoms with Gasteiger partial charge < -0.3 is 10.1 Å². The number of hydrogen-bond donors (Lipinski definition) is 1. The van der Waals surface area contributed by atoms with Gasteiger partial charge in [0.25, 0.3) is 0 Å². The Morgan fingerprint density at radius 1 is 1.62 bits per heavy atom. The number of nitrogens with one attached hydrogen (secondary N) is 1. The molecule has 1 rings (SSSR count). The van der Waals surface area contributed by atoms with Crippen LogP contribution in [0.2, 0.25) is 0 Å². The predicted molar refractivity (Wildman–Crippen MR) is 55.0 cm³/mol. The van der Waals surface area contributed by atoms with E-state index in [4.69, 9.17) is 4.74 Å². The normalized spacial score (nSPS) is 26.5. The molecule has 2 unspecified atom stereocenters. The highest BCUT2D eigenvalue weighted by Gasteiger charge is 2.25. The molecular weight excluding hydrogens is 164 g/mol. The average Bonchev–Trinajstić information content (AvgIpc) is 2.62. The van der Waals surface area contributed by atoms with Crippen LogP contribution in [0.5, 0.6) is 0 Å². The SMILES string of the molecule is CCNCC(C)N1CCC(OC)C1. The fourth-order valence-electron chi connectivity index (χ4n) is 1.83. The summed E-state index contributed by atoms with van der Waals surface area (Å²) in [6.07, 6.45) is 1.65. The summed E-state index contributed by atoms with van der Waals surface area (Å²) in [5.74, 6) is 0. The molecule has 0 aromatic heterocycles. The Balaban J connectivity index is 2.20. The van der Waals surface area contributed by atoms with Crippen LogP contribution in [0.1, 0.15) is 20.3 Å². The van der Waals surface area contributed by atoms with Crippen molar-refractivity contribution in [3.8, 4) is 0 Å². The molecule has 1 N–H and O–H groups in total. The molecule has 1 aliphatic rings. The third-order valence-corrected chi connectivity index (χ3v) is 2.82. The lowest BCUT2D eigenvalue weighted by molar-refractivity contribution is 0.102. The Bertz CT molecular complexity index is 141. The van der Waals surface area contributed by atoms with Crippen molar-refractivity contribution in [1.29, 1.82) is 0 Å². The molecule has 0 amide bonds. The molecule has 0 saturated carbocycles. The van der Waals surface area contributed by atoms with Crippen LogP contribution in [-0.2, 0) is 4.74 Å². The molecular formula is C10H22N2O. The van der Waals surface area contributed by atoms with Crippen LogP contribution < -0.4 is 5.32 Å². The third kappa shape index (κ3) is 3.25. The standard InChI is InChI=1S/C10H22N2O/c1-4-11-7-9(2)12-6-5-10(8-12)13-3/h9-11H,4-8H2,1-3H3. The van der Waals surface area contributed by atoms with Gasteiger partial charge in [-0.1, -0.05) is 6.92 Å². The van der Waals surface area contributed by atoms with E-state index < -0.39 is 0 Å². The van der Waals surface area contributed by atoms with Crippen LogP contribution in [0.15, 0.2) is 0 Å². The van der Waals surface area contributed by atoms with E-state index in [9.17, 15) is 0 Å². The average molecular weight is 186 g/mol. The number of ether oxygens (including phenoxy) is 1. The van der Waals surface area contributed by atoms with Crippen molar-refractivity contribution in [2.45, 2.75) is 32.4 Å². The Morgan fingerprint density at radius 3 is 2.92 bits per heavy atom. The summed E-state index contributed by atoms with van der Waals surface area (Å²) in [4.78, 5) is 2.50. The van der Waals surface area contributed by atoms with Gasteiger partial charge in [0.15, 0.2) is 0 Å². The fraction of sp³-hybridized carbons (Fsp3) is 1.00. The first-order valence-electron chi connectivity index (χ1n) is 5.25. The van der Waals surface area contributed by atoms with Gasteiger partial charge in [-0.2, -0.15) is 0 Å². The van der Waals surface area contributed by atoms with Crippen molar-refractivity contribution in [1.82, 2.24) is 10.2 Å². The highest BCUT2D eigenvalue weighted by molar-refractivity contribution is 4.80. The molecule has 1 saturated heterocycles. The molecule has 3 heteroatoms. The van der Waals surface area contributed by atoms with Crippen LogP contribution in [0.3, 0.4) is 0 Å². The molecule has 1 aliphatic heterocycles. The van der Waals surface area contributed by atoms with Gasteiger partial charge in [-0.25, -0.2) is 0 Å². The van der Waals surface area contributed by atoms with Gasteiger partial charge in [0.2, 0.25) is 0 Å². The Hall–Kier alpha value is -0.120. The highest BCUT2D eigenvalue weighted by atomic mass is 16.5. The molecule has 2 atom stereocenters. The van der Waals surface area contributed by atoms with Crippen molar-refractivity contribution in [3.63, 3.8) is 0 Å². The maximum atomic E-state index is 5.33. The van der Waals surface area contributed by atoms with Crippen molar-refractivity contribution in [3.05, 3.63) is 0 Å². The minimum absolute atomic E-state index is 0.462. The number of hydrogen-bond acceptors (Lipinski definition) is 3. The summed E-state index contributed by atoms with van der Waals surface area (Å²) in [5.41, 5.74) is 0. The highest BCUT2D eigenvalue weighted by Crippen LogP contribution is 2.14. The summed E-state index contributed by atoms with van der Waals surface area (Å²) < 4.78 is 5.33. The molecule has 0 aromatic carbocycles. The number of methoxy groups -OCH3 is 1. The van der Waals surface area contributed by atoms with Gasteiger partial charge in [-0.05, 0) is 19.9 Å². The van der Waals surface area contributed by atoms with Gasteiger partial charge in [0.05, 0.1) is 6.10 Å². The quantitative estimate of drug-likeness (QED) is 0.684. The molecule has 13 heavy (non-hydrogen) atoms. The molecule has 0 radical (unpaired) electrons.